The van der Waals surface area contributed by atoms with E-state index in [9.17, 15) is 18.0 Å². The molecule has 0 aromatic rings. The molecule has 0 spiro atoms. The second kappa shape index (κ2) is 4.86. The molecule has 0 saturated carbocycles. The molecule has 2 nitrogen and oxygen atoms in total. The van der Waals surface area contributed by atoms with Crippen molar-refractivity contribution in [2.24, 2.45) is 11.3 Å². The van der Waals surface area contributed by atoms with Crippen LogP contribution in [0.15, 0.2) is 0 Å². The maximum Gasteiger partial charge on any atom is 0.422 e. The number of alkyl halides is 3. The predicted molar refractivity (Wildman–Crippen MR) is 50.3 cm³/mol. The number of carbonyl (C=O) groups is 1. The van der Waals surface area contributed by atoms with Crippen LogP contribution in [0.25, 0.3) is 0 Å². The highest BCUT2D eigenvalue weighted by Crippen LogP contribution is 2.27. The van der Waals surface area contributed by atoms with E-state index in [1.165, 1.54) is 0 Å². The van der Waals surface area contributed by atoms with Crippen LogP contribution in [0, 0.1) is 11.3 Å². The molecule has 0 atom stereocenters. The average molecular weight is 226 g/mol. The number of carbonyl (C=O) groups excluding carboxylic acids is 1. The Morgan fingerprint density at radius 2 is 1.73 bits per heavy atom. The third kappa shape index (κ3) is 6.36. The highest BCUT2D eigenvalue weighted by Gasteiger charge is 2.35. The SMILES string of the molecule is CC(C)CC(C)(C)C(=O)OCC(F)(F)F. The van der Waals surface area contributed by atoms with E-state index in [4.69, 9.17) is 0 Å². The summed E-state index contributed by atoms with van der Waals surface area (Å²) in [5.41, 5.74) is -0.862. The Morgan fingerprint density at radius 1 is 1.27 bits per heavy atom. The summed E-state index contributed by atoms with van der Waals surface area (Å²) in [6, 6.07) is 0. The summed E-state index contributed by atoms with van der Waals surface area (Å²) in [6.45, 7) is 5.47. The van der Waals surface area contributed by atoms with E-state index in [1.54, 1.807) is 13.8 Å². The largest absolute Gasteiger partial charge is 0.456 e. The van der Waals surface area contributed by atoms with Gasteiger partial charge in [0.2, 0.25) is 0 Å². The summed E-state index contributed by atoms with van der Waals surface area (Å²) in [5, 5.41) is 0. The lowest BCUT2D eigenvalue weighted by atomic mass is 9.84. The van der Waals surface area contributed by atoms with Crippen LogP contribution in [-0.4, -0.2) is 18.8 Å². The molecule has 0 aromatic heterocycles. The van der Waals surface area contributed by atoms with E-state index < -0.39 is 24.2 Å². The molecule has 0 aromatic carbocycles. The molecule has 0 radical (unpaired) electrons. The smallest absolute Gasteiger partial charge is 0.422 e. The molecule has 5 heteroatoms. The summed E-state index contributed by atoms with van der Waals surface area (Å²) in [5.74, 6) is -0.563. The standard InChI is InChI=1S/C10H17F3O2/c1-7(2)5-9(3,4)8(14)15-6-10(11,12)13/h7H,5-6H2,1-4H3. The Kier molecular flexibility index (Phi) is 4.62. The topological polar surface area (TPSA) is 26.3 Å². The maximum atomic E-state index is 11.8. The Hall–Kier alpha value is -0.740. The van der Waals surface area contributed by atoms with Crippen molar-refractivity contribution in [2.45, 2.75) is 40.3 Å². The lowest BCUT2D eigenvalue weighted by molar-refractivity contribution is -0.193. The molecule has 0 rings (SSSR count). The van der Waals surface area contributed by atoms with Crippen LogP contribution < -0.4 is 0 Å². The van der Waals surface area contributed by atoms with Gasteiger partial charge < -0.3 is 4.74 Å². The van der Waals surface area contributed by atoms with Gasteiger partial charge in [-0.05, 0) is 26.2 Å². The third-order valence-electron chi connectivity index (χ3n) is 1.84. The van der Waals surface area contributed by atoms with E-state index in [0.717, 1.165) is 0 Å². The molecule has 0 saturated heterocycles. The molecule has 0 aliphatic carbocycles. The molecule has 15 heavy (non-hydrogen) atoms. The number of halogens is 3. The molecule has 0 heterocycles. The molecule has 0 N–H and O–H groups in total. The van der Waals surface area contributed by atoms with E-state index in [1.807, 2.05) is 13.8 Å². The molecule has 90 valence electrons. The van der Waals surface area contributed by atoms with Crippen molar-refractivity contribution in [3.05, 3.63) is 0 Å². The van der Waals surface area contributed by atoms with Crippen molar-refractivity contribution in [1.29, 1.82) is 0 Å². The fourth-order valence-electron chi connectivity index (χ4n) is 1.45. The van der Waals surface area contributed by atoms with Crippen LogP contribution in [0.3, 0.4) is 0 Å². The van der Waals surface area contributed by atoms with Gasteiger partial charge in [0.05, 0.1) is 5.41 Å². The van der Waals surface area contributed by atoms with Crippen LogP contribution in [0.5, 0.6) is 0 Å². The van der Waals surface area contributed by atoms with Crippen LogP contribution >= 0.6 is 0 Å². The minimum atomic E-state index is -4.45. The normalized spacial score (nSPS) is 13.1. The number of hydrogen-bond donors (Lipinski definition) is 0. The summed E-state index contributed by atoms with van der Waals surface area (Å²) in [4.78, 5) is 11.3. The van der Waals surface area contributed by atoms with E-state index in [2.05, 4.69) is 4.74 Å². The fourth-order valence-corrected chi connectivity index (χ4v) is 1.45. The highest BCUT2D eigenvalue weighted by molar-refractivity contribution is 5.75. The quantitative estimate of drug-likeness (QED) is 0.688. The van der Waals surface area contributed by atoms with Crippen molar-refractivity contribution >= 4 is 5.97 Å². The van der Waals surface area contributed by atoms with Gasteiger partial charge in [0.1, 0.15) is 0 Å². The first kappa shape index (κ1) is 14.3. The van der Waals surface area contributed by atoms with Crippen LogP contribution in [0.1, 0.15) is 34.1 Å². The number of esters is 1. The Labute approximate surface area is 87.8 Å². The Morgan fingerprint density at radius 3 is 2.07 bits per heavy atom. The van der Waals surface area contributed by atoms with Crippen molar-refractivity contribution < 1.29 is 22.7 Å². The van der Waals surface area contributed by atoms with Crippen molar-refractivity contribution in [3.8, 4) is 0 Å². The van der Waals surface area contributed by atoms with Gasteiger partial charge in [0.15, 0.2) is 6.61 Å². The zero-order valence-corrected chi connectivity index (χ0v) is 9.44. The van der Waals surface area contributed by atoms with Crippen LogP contribution in [0.2, 0.25) is 0 Å². The number of hydrogen-bond acceptors (Lipinski definition) is 2. The molecule has 0 aliphatic rings. The zero-order chi connectivity index (χ0) is 12.3. The number of ether oxygens (including phenoxy) is 1. The summed E-state index contributed by atoms with van der Waals surface area (Å²) in [7, 11) is 0. The van der Waals surface area contributed by atoms with Gasteiger partial charge in [-0.2, -0.15) is 13.2 Å². The molecule has 0 fully saturated rings. The van der Waals surface area contributed by atoms with Gasteiger partial charge in [-0.25, -0.2) is 0 Å². The Bertz CT molecular complexity index is 219. The highest BCUT2D eigenvalue weighted by atomic mass is 19.4. The minimum absolute atomic E-state index is 0.235. The molecular weight excluding hydrogens is 209 g/mol. The first-order valence-corrected chi connectivity index (χ1v) is 4.78. The fraction of sp³-hybridized carbons (Fsp3) is 0.900. The lowest BCUT2D eigenvalue weighted by Crippen LogP contribution is -2.31. The van der Waals surface area contributed by atoms with Gasteiger partial charge >= 0.3 is 12.1 Å². The van der Waals surface area contributed by atoms with Crippen molar-refractivity contribution in [1.82, 2.24) is 0 Å². The van der Waals surface area contributed by atoms with E-state index in [-0.39, 0.29) is 5.92 Å². The molecular formula is C10H17F3O2. The van der Waals surface area contributed by atoms with E-state index in [0.29, 0.717) is 6.42 Å². The van der Waals surface area contributed by atoms with Gasteiger partial charge in [0.25, 0.3) is 0 Å². The minimum Gasteiger partial charge on any atom is -0.456 e. The second-order valence-electron chi connectivity index (χ2n) is 4.67. The first-order valence-electron chi connectivity index (χ1n) is 4.78. The third-order valence-corrected chi connectivity index (χ3v) is 1.84. The summed E-state index contributed by atoms with van der Waals surface area (Å²) in [6.07, 6.45) is -3.95. The molecule has 0 bridgehead atoms. The predicted octanol–water partition coefficient (Wildman–Crippen LogP) is 3.16. The van der Waals surface area contributed by atoms with Gasteiger partial charge in [-0.3, -0.25) is 4.79 Å². The molecule has 0 unspecified atom stereocenters. The van der Waals surface area contributed by atoms with Crippen molar-refractivity contribution in [3.63, 3.8) is 0 Å². The summed E-state index contributed by atoms with van der Waals surface area (Å²) >= 11 is 0. The Balaban J connectivity index is 4.20. The average Bonchev–Trinajstić information content (AvgIpc) is 1.95. The van der Waals surface area contributed by atoms with Gasteiger partial charge in [-0.1, -0.05) is 13.8 Å². The monoisotopic (exact) mass is 226 g/mol. The van der Waals surface area contributed by atoms with E-state index >= 15 is 0 Å². The maximum absolute atomic E-state index is 11.8. The molecule has 0 aliphatic heterocycles. The lowest BCUT2D eigenvalue weighted by Gasteiger charge is -2.24. The second-order valence-corrected chi connectivity index (χ2v) is 4.67. The van der Waals surface area contributed by atoms with Crippen LogP contribution in [0.4, 0.5) is 13.2 Å². The van der Waals surface area contributed by atoms with Gasteiger partial charge in [-0.15, -0.1) is 0 Å². The van der Waals surface area contributed by atoms with Gasteiger partial charge in [0, 0.05) is 0 Å². The first-order chi connectivity index (χ1) is 6.54. The van der Waals surface area contributed by atoms with Crippen LogP contribution in [-0.2, 0) is 9.53 Å². The zero-order valence-electron chi connectivity index (χ0n) is 9.44. The number of rotatable bonds is 4. The van der Waals surface area contributed by atoms with Crippen molar-refractivity contribution in [2.75, 3.05) is 6.61 Å². The molecule has 0 amide bonds. The summed E-state index contributed by atoms with van der Waals surface area (Å²) < 4.78 is 39.6.